The number of rotatable bonds is 9. The van der Waals surface area contributed by atoms with Crippen molar-refractivity contribution < 1.29 is 23.7 Å². The monoisotopic (exact) mass is 479 g/mol. The van der Waals surface area contributed by atoms with Crippen LogP contribution in [0, 0.1) is 0 Å². The molecule has 5 N–H and O–H groups in total. The van der Waals surface area contributed by atoms with Crippen LogP contribution in [0.2, 0.25) is 0 Å². The molecule has 0 aliphatic rings. The quantitative estimate of drug-likeness (QED) is 0.138. The van der Waals surface area contributed by atoms with Gasteiger partial charge in [0.25, 0.3) is 0 Å². The molecule has 0 saturated carbocycles. The lowest BCUT2D eigenvalue weighted by molar-refractivity contribution is 0.393. The van der Waals surface area contributed by atoms with Crippen LogP contribution >= 0.6 is 0 Å². The Morgan fingerprint density at radius 1 is 0.971 bits per heavy atom. The first-order chi connectivity index (χ1) is 16.3. The fourth-order valence-electron chi connectivity index (χ4n) is 3.41. The van der Waals surface area contributed by atoms with E-state index in [9.17, 15) is 23.7 Å². The van der Waals surface area contributed by atoms with E-state index in [4.69, 9.17) is 7.85 Å². The molecule has 4 rings (SSSR count). The Morgan fingerprint density at radius 3 is 2.50 bits per heavy atom. The molecular weight excluding hydrogens is 457 g/mol. The van der Waals surface area contributed by atoms with E-state index >= 15 is 0 Å². The van der Waals surface area contributed by atoms with Gasteiger partial charge in [-0.15, -0.1) is 0 Å². The zero-order valence-corrected chi connectivity index (χ0v) is 18.8. The van der Waals surface area contributed by atoms with Crippen LogP contribution in [-0.4, -0.2) is 59.3 Å². The predicted molar refractivity (Wildman–Crippen MR) is 128 cm³/mol. The molecule has 0 amide bonds. The number of benzene rings is 2. The molecule has 4 aromatic rings. The molecule has 2 aromatic heterocycles. The molecule has 0 aliphatic heterocycles. The van der Waals surface area contributed by atoms with Crippen LogP contribution in [0.5, 0.6) is 17.2 Å². The Hall–Kier alpha value is -3.77. The van der Waals surface area contributed by atoms with Gasteiger partial charge in [0.2, 0.25) is 10.0 Å². The molecule has 0 saturated heterocycles. The summed E-state index contributed by atoms with van der Waals surface area (Å²) in [6, 6.07) is 12.4. The highest BCUT2D eigenvalue weighted by molar-refractivity contribution is 7.89. The SMILES string of the molecule is [B]c1cnn2c(NCCCCNS(=O)(=O)c3cccc(O)c3O)cc(-c3ccccc3O)nc12. The first kappa shape index (κ1) is 23.4. The number of phenolic OH excluding ortho intramolecular Hbond substituents is 3. The zero-order valence-electron chi connectivity index (χ0n) is 18.0. The molecule has 0 fully saturated rings. The van der Waals surface area contributed by atoms with Crippen molar-refractivity contribution in [3.8, 4) is 28.5 Å². The predicted octanol–water partition coefficient (Wildman–Crippen LogP) is 1.48. The van der Waals surface area contributed by atoms with Gasteiger partial charge in [0.1, 0.15) is 24.3 Å². The minimum atomic E-state index is -3.96. The number of sulfonamides is 1. The number of unbranched alkanes of at least 4 members (excludes halogenated alkanes) is 1. The van der Waals surface area contributed by atoms with Crippen molar-refractivity contribution in [2.45, 2.75) is 17.7 Å². The Morgan fingerprint density at radius 2 is 1.71 bits per heavy atom. The highest BCUT2D eigenvalue weighted by Gasteiger charge is 2.20. The van der Waals surface area contributed by atoms with Gasteiger partial charge in [0.05, 0.1) is 5.69 Å². The van der Waals surface area contributed by atoms with Crippen LogP contribution in [-0.2, 0) is 10.0 Å². The Balaban J connectivity index is 1.40. The highest BCUT2D eigenvalue weighted by atomic mass is 32.2. The summed E-state index contributed by atoms with van der Waals surface area (Å²) < 4.78 is 28.7. The first-order valence-corrected chi connectivity index (χ1v) is 11.9. The molecule has 2 aromatic carbocycles. The number of anilines is 1. The van der Waals surface area contributed by atoms with Gasteiger partial charge >= 0.3 is 0 Å². The van der Waals surface area contributed by atoms with Gasteiger partial charge in [0.15, 0.2) is 17.1 Å². The van der Waals surface area contributed by atoms with Crippen molar-refractivity contribution in [3.05, 3.63) is 54.7 Å². The van der Waals surface area contributed by atoms with Crippen molar-refractivity contribution in [1.82, 2.24) is 19.3 Å². The summed E-state index contributed by atoms with van der Waals surface area (Å²) in [5, 5.41) is 37.0. The number of hydrogen-bond donors (Lipinski definition) is 5. The molecule has 10 nitrogen and oxygen atoms in total. The van der Waals surface area contributed by atoms with E-state index < -0.39 is 21.5 Å². The summed E-state index contributed by atoms with van der Waals surface area (Å²) in [6.07, 6.45) is 2.61. The van der Waals surface area contributed by atoms with Gasteiger partial charge < -0.3 is 20.6 Å². The van der Waals surface area contributed by atoms with Crippen molar-refractivity contribution in [1.29, 1.82) is 0 Å². The molecule has 0 atom stereocenters. The highest BCUT2D eigenvalue weighted by Crippen LogP contribution is 2.31. The molecule has 174 valence electrons. The van der Waals surface area contributed by atoms with Gasteiger partial charge in [-0.1, -0.05) is 18.2 Å². The summed E-state index contributed by atoms with van der Waals surface area (Å²) in [6.45, 7) is 0.640. The number of aromatic nitrogens is 3. The number of aromatic hydroxyl groups is 3. The second kappa shape index (κ2) is 9.61. The maximum atomic E-state index is 12.4. The summed E-state index contributed by atoms with van der Waals surface area (Å²) in [5.41, 5.74) is 1.92. The number of nitrogens with one attached hydrogen (secondary N) is 2. The summed E-state index contributed by atoms with van der Waals surface area (Å²) in [4.78, 5) is 4.14. The molecule has 0 aliphatic carbocycles. The number of hydrogen-bond acceptors (Lipinski definition) is 8. The molecule has 0 unspecified atom stereocenters. The van der Waals surface area contributed by atoms with Crippen LogP contribution in [0.1, 0.15) is 12.8 Å². The van der Waals surface area contributed by atoms with Gasteiger partial charge in [0, 0.05) is 30.9 Å². The molecular formula is C22H22BN5O5S. The summed E-state index contributed by atoms with van der Waals surface area (Å²) >= 11 is 0. The third-order valence-electron chi connectivity index (χ3n) is 5.15. The Kier molecular flexibility index (Phi) is 6.62. The van der Waals surface area contributed by atoms with Crippen molar-refractivity contribution >= 4 is 34.8 Å². The van der Waals surface area contributed by atoms with Crippen molar-refractivity contribution in [2.75, 3.05) is 18.4 Å². The van der Waals surface area contributed by atoms with E-state index in [0.717, 1.165) is 0 Å². The minimum absolute atomic E-state index is 0.0911. The lowest BCUT2D eigenvalue weighted by atomic mass is 10.0. The zero-order chi connectivity index (χ0) is 24.3. The smallest absolute Gasteiger partial charge is 0.244 e. The molecule has 2 radical (unpaired) electrons. The van der Waals surface area contributed by atoms with E-state index in [2.05, 4.69) is 20.1 Å². The van der Waals surface area contributed by atoms with E-state index in [1.54, 1.807) is 34.8 Å². The fourth-order valence-corrected chi connectivity index (χ4v) is 4.60. The molecule has 2 heterocycles. The maximum absolute atomic E-state index is 12.4. The van der Waals surface area contributed by atoms with Crippen LogP contribution in [0.15, 0.2) is 59.6 Å². The van der Waals surface area contributed by atoms with Gasteiger partial charge in [-0.05, 0) is 42.6 Å². The third-order valence-corrected chi connectivity index (χ3v) is 6.64. The summed E-state index contributed by atoms with van der Waals surface area (Å²) in [7, 11) is 2.04. The second-order valence-electron chi connectivity index (χ2n) is 7.53. The summed E-state index contributed by atoms with van der Waals surface area (Å²) in [5.74, 6) is -0.478. The number of para-hydroxylation sites is 2. The molecule has 12 heteroatoms. The van der Waals surface area contributed by atoms with Gasteiger partial charge in [-0.2, -0.15) is 9.61 Å². The van der Waals surface area contributed by atoms with Crippen molar-refractivity contribution in [3.63, 3.8) is 0 Å². The Bertz CT molecular complexity index is 1440. The Labute approximate surface area is 197 Å². The van der Waals surface area contributed by atoms with Gasteiger partial charge in [-0.25, -0.2) is 18.1 Å². The molecule has 0 spiro atoms. The van der Waals surface area contributed by atoms with Gasteiger partial charge in [-0.3, -0.25) is 0 Å². The average molecular weight is 479 g/mol. The topological polar surface area (TPSA) is 149 Å². The number of phenols is 3. The van der Waals surface area contributed by atoms with Crippen LogP contribution in [0.25, 0.3) is 16.9 Å². The largest absolute Gasteiger partial charge is 0.507 e. The fraction of sp³-hybridized carbons (Fsp3) is 0.182. The van der Waals surface area contributed by atoms with E-state index in [1.165, 1.54) is 24.4 Å². The minimum Gasteiger partial charge on any atom is -0.507 e. The van der Waals surface area contributed by atoms with Crippen LogP contribution in [0.3, 0.4) is 0 Å². The first-order valence-electron chi connectivity index (χ1n) is 10.4. The second-order valence-corrected chi connectivity index (χ2v) is 9.27. The number of fused-ring (bicyclic) bond motifs is 1. The van der Waals surface area contributed by atoms with Crippen LogP contribution < -0.4 is 15.5 Å². The lowest BCUT2D eigenvalue weighted by Gasteiger charge is -2.12. The number of nitrogens with zero attached hydrogens (tertiary/aromatic N) is 3. The molecule has 34 heavy (non-hydrogen) atoms. The van der Waals surface area contributed by atoms with E-state index in [0.29, 0.717) is 47.6 Å². The van der Waals surface area contributed by atoms with E-state index in [-0.39, 0.29) is 17.2 Å². The average Bonchev–Trinajstić information content (AvgIpc) is 3.19. The van der Waals surface area contributed by atoms with E-state index in [1.807, 2.05) is 0 Å². The standard InChI is InChI=1S/C22H22BN5O5S/c23-15-13-25-28-20(12-16(27-22(15)28)14-6-1-2-7-17(14)29)24-10-3-4-11-26-34(32,33)19-9-5-8-18(30)21(19)31/h1-2,5-9,12-13,24,26,29-31H,3-4,10-11H2. The van der Waals surface area contributed by atoms with Crippen molar-refractivity contribution in [2.24, 2.45) is 0 Å². The normalized spacial score (nSPS) is 11.6. The maximum Gasteiger partial charge on any atom is 0.244 e. The lowest BCUT2D eigenvalue weighted by Crippen LogP contribution is -2.25. The van der Waals surface area contributed by atoms with Crippen LogP contribution in [0.4, 0.5) is 5.82 Å². The molecule has 0 bridgehead atoms. The third kappa shape index (κ3) is 4.77.